The molecule has 4 rings (SSSR count). The lowest BCUT2D eigenvalue weighted by Crippen LogP contribution is -2.34. The van der Waals surface area contributed by atoms with Gasteiger partial charge in [-0.1, -0.05) is 18.2 Å². The molecule has 0 spiro atoms. The minimum atomic E-state index is -0.275. The summed E-state index contributed by atoms with van der Waals surface area (Å²) in [6.07, 6.45) is 2.12. The summed E-state index contributed by atoms with van der Waals surface area (Å²) in [7, 11) is 0. The fourth-order valence-corrected chi connectivity index (χ4v) is 3.00. The van der Waals surface area contributed by atoms with E-state index in [1.807, 2.05) is 30.3 Å². The van der Waals surface area contributed by atoms with E-state index in [1.54, 1.807) is 10.7 Å². The van der Waals surface area contributed by atoms with Crippen molar-refractivity contribution < 1.29 is 9.13 Å². The number of aromatic nitrogens is 2. The molecule has 1 aliphatic rings. The Labute approximate surface area is 146 Å². The summed E-state index contributed by atoms with van der Waals surface area (Å²) < 4.78 is 21.4. The molecule has 0 aliphatic carbocycles. The second-order valence-corrected chi connectivity index (χ2v) is 5.78. The van der Waals surface area contributed by atoms with E-state index < -0.39 is 0 Å². The Morgan fingerprint density at radius 3 is 2.67 bits per heavy atom. The average Bonchev–Trinajstić information content (AvgIpc) is 2.95. The molecule has 24 heavy (non-hydrogen) atoms. The molecule has 4 nitrogen and oxygen atoms in total. The van der Waals surface area contributed by atoms with Crippen LogP contribution in [0.5, 0.6) is 5.88 Å². The number of nitrogens with zero attached hydrogens (tertiary/aromatic N) is 2. The van der Waals surface area contributed by atoms with Gasteiger partial charge in [0.2, 0.25) is 5.88 Å². The number of piperidine rings is 1. The van der Waals surface area contributed by atoms with Crippen LogP contribution >= 0.6 is 12.4 Å². The zero-order valence-corrected chi connectivity index (χ0v) is 13.9. The van der Waals surface area contributed by atoms with Crippen molar-refractivity contribution in [1.82, 2.24) is 15.1 Å². The lowest BCUT2D eigenvalue weighted by atomic mass is 10.1. The van der Waals surface area contributed by atoms with E-state index in [4.69, 9.17) is 4.74 Å². The van der Waals surface area contributed by atoms with E-state index in [2.05, 4.69) is 10.4 Å². The van der Waals surface area contributed by atoms with Crippen LogP contribution in [0.4, 0.5) is 4.39 Å². The van der Waals surface area contributed by atoms with E-state index in [0.717, 1.165) is 36.8 Å². The Bertz CT molecular complexity index is 830. The van der Waals surface area contributed by atoms with Crippen molar-refractivity contribution in [1.29, 1.82) is 0 Å². The molecule has 1 fully saturated rings. The molecule has 126 valence electrons. The van der Waals surface area contributed by atoms with Crippen LogP contribution in [0, 0.1) is 5.82 Å². The predicted molar refractivity (Wildman–Crippen MR) is 94.8 cm³/mol. The third-order valence-electron chi connectivity index (χ3n) is 4.17. The van der Waals surface area contributed by atoms with Crippen LogP contribution in [-0.2, 0) is 0 Å². The van der Waals surface area contributed by atoms with Crippen molar-refractivity contribution in [2.24, 2.45) is 0 Å². The molecule has 0 unspecified atom stereocenters. The number of hydrogen-bond donors (Lipinski definition) is 1. The summed E-state index contributed by atoms with van der Waals surface area (Å²) in [4.78, 5) is 0. The summed E-state index contributed by atoms with van der Waals surface area (Å²) in [5, 5.41) is 8.88. The summed E-state index contributed by atoms with van der Waals surface area (Å²) in [6, 6.07) is 14.3. The maximum atomic E-state index is 13.6. The van der Waals surface area contributed by atoms with Crippen molar-refractivity contribution in [3.8, 4) is 11.6 Å². The summed E-state index contributed by atoms with van der Waals surface area (Å²) in [6.45, 7) is 1.93. The average molecular weight is 348 g/mol. The summed E-state index contributed by atoms with van der Waals surface area (Å²) >= 11 is 0. The smallest absolute Gasteiger partial charge is 0.241 e. The van der Waals surface area contributed by atoms with E-state index in [1.165, 1.54) is 12.1 Å². The first kappa shape index (κ1) is 16.7. The highest BCUT2D eigenvalue weighted by Gasteiger charge is 2.19. The van der Waals surface area contributed by atoms with Gasteiger partial charge in [0, 0.05) is 0 Å². The lowest BCUT2D eigenvalue weighted by Gasteiger charge is -2.22. The molecule has 2 aromatic carbocycles. The lowest BCUT2D eigenvalue weighted by molar-refractivity contribution is 0.157. The highest BCUT2D eigenvalue weighted by molar-refractivity contribution is 5.86. The number of halogens is 2. The number of ether oxygens (including phenoxy) is 1. The van der Waals surface area contributed by atoms with Gasteiger partial charge in [0.25, 0.3) is 0 Å². The Hall–Kier alpha value is -2.11. The maximum absolute atomic E-state index is 13.6. The van der Waals surface area contributed by atoms with E-state index in [0.29, 0.717) is 11.6 Å². The van der Waals surface area contributed by atoms with Crippen LogP contribution in [0.15, 0.2) is 48.5 Å². The number of hydrogen-bond acceptors (Lipinski definition) is 3. The zero-order chi connectivity index (χ0) is 15.6. The third-order valence-corrected chi connectivity index (χ3v) is 4.17. The van der Waals surface area contributed by atoms with Crippen molar-refractivity contribution in [3.63, 3.8) is 0 Å². The number of rotatable bonds is 3. The van der Waals surface area contributed by atoms with Crippen molar-refractivity contribution >= 4 is 23.3 Å². The second-order valence-electron chi connectivity index (χ2n) is 5.78. The van der Waals surface area contributed by atoms with Gasteiger partial charge >= 0.3 is 0 Å². The first-order chi connectivity index (χ1) is 11.3. The van der Waals surface area contributed by atoms with Gasteiger partial charge < -0.3 is 10.1 Å². The second kappa shape index (κ2) is 7.20. The zero-order valence-electron chi connectivity index (χ0n) is 13.1. The van der Waals surface area contributed by atoms with Crippen molar-refractivity contribution in [3.05, 3.63) is 54.3 Å². The van der Waals surface area contributed by atoms with Crippen LogP contribution in [0.1, 0.15) is 12.8 Å². The normalized spacial score (nSPS) is 15.2. The van der Waals surface area contributed by atoms with Gasteiger partial charge in [-0.05, 0) is 56.3 Å². The molecule has 1 aliphatic heterocycles. The maximum Gasteiger partial charge on any atom is 0.241 e. The Morgan fingerprint density at radius 1 is 1.08 bits per heavy atom. The van der Waals surface area contributed by atoms with Gasteiger partial charge in [-0.25, -0.2) is 9.07 Å². The van der Waals surface area contributed by atoms with Crippen LogP contribution < -0.4 is 10.1 Å². The van der Waals surface area contributed by atoms with Crippen LogP contribution in [0.2, 0.25) is 0 Å². The Morgan fingerprint density at radius 2 is 1.88 bits per heavy atom. The van der Waals surface area contributed by atoms with Crippen molar-refractivity contribution in [2.75, 3.05) is 13.1 Å². The minimum Gasteiger partial charge on any atom is -0.473 e. The first-order valence-electron chi connectivity index (χ1n) is 7.92. The van der Waals surface area contributed by atoms with E-state index >= 15 is 0 Å². The van der Waals surface area contributed by atoms with Crippen LogP contribution in [-0.4, -0.2) is 29.0 Å². The number of fused-ring (bicyclic) bond motifs is 1. The number of benzene rings is 2. The molecule has 1 N–H and O–H groups in total. The van der Waals surface area contributed by atoms with E-state index in [-0.39, 0.29) is 24.3 Å². The van der Waals surface area contributed by atoms with Gasteiger partial charge in [-0.15, -0.1) is 17.5 Å². The monoisotopic (exact) mass is 347 g/mol. The molecule has 0 atom stereocenters. The molecule has 0 amide bonds. The first-order valence-corrected chi connectivity index (χ1v) is 7.92. The van der Waals surface area contributed by atoms with Crippen LogP contribution in [0.3, 0.4) is 0 Å². The van der Waals surface area contributed by atoms with Gasteiger partial charge in [-0.3, -0.25) is 0 Å². The standard InChI is InChI=1S/C18H18FN3O.ClH/c19-13-4-3-5-14(12-13)22-17-7-2-1-6-16(17)18(21-22)23-15-8-10-20-11-9-15;/h1-7,12,15,20H,8-11H2;1H. The number of para-hydroxylation sites is 1. The summed E-state index contributed by atoms with van der Waals surface area (Å²) in [5.41, 5.74) is 1.61. The molecular weight excluding hydrogens is 329 g/mol. The molecule has 0 saturated carbocycles. The summed E-state index contributed by atoms with van der Waals surface area (Å²) in [5.74, 6) is 0.347. The highest BCUT2D eigenvalue weighted by atomic mass is 35.5. The topological polar surface area (TPSA) is 39.1 Å². The van der Waals surface area contributed by atoms with Crippen LogP contribution in [0.25, 0.3) is 16.6 Å². The predicted octanol–water partition coefficient (Wildman–Crippen LogP) is 3.72. The third kappa shape index (κ3) is 3.23. The molecule has 6 heteroatoms. The molecule has 1 aromatic heterocycles. The fourth-order valence-electron chi connectivity index (χ4n) is 3.00. The minimum absolute atomic E-state index is 0. The van der Waals surface area contributed by atoms with Gasteiger partial charge in [-0.2, -0.15) is 0 Å². The number of nitrogens with one attached hydrogen (secondary N) is 1. The molecule has 0 radical (unpaired) electrons. The van der Waals surface area contributed by atoms with Gasteiger partial charge in [0.15, 0.2) is 0 Å². The molecule has 1 saturated heterocycles. The molecule has 0 bridgehead atoms. The van der Waals surface area contributed by atoms with Gasteiger partial charge in [0.1, 0.15) is 11.9 Å². The molecule has 3 aromatic rings. The highest BCUT2D eigenvalue weighted by Crippen LogP contribution is 2.29. The fraction of sp³-hybridized carbons (Fsp3) is 0.278. The Balaban J connectivity index is 0.00000169. The molecular formula is C18H19ClFN3O. The SMILES string of the molecule is Cl.Fc1cccc(-n2nc(OC3CCNCC3)c3ccccc32)c1. The van der Waals surface area contributed by atoms with Gasteiger partial charge in [0.05, 0.1) is 16.6 Å². The largest absolute Gasteiger partial charge is 0.473 e. The quantitative estimate of drug-likeness (QED) is 0.785. The Kier molecular flexibility index (Phi) is 5.02. The molecule has 2 heterocycles. The van der Waals surface area contributed by atoms with E-state index in [9.17, 15) is 4.39 Å². The van der Waals surface area contributed by atoms with Crippen molar-refractivity contribution in [2.45, 2.75) is 18.9 Å².